The lowest BCUT2D eigenvalue weighted by Crippen LogP contribution is -2.33. The van der Waals surface area contributed by atoms with Gasteiger partial charge in [-0.1, -0.05) is 40.6 Å². The van der Waals surface area contributed by atoms with Gasteiger partial charge in [-0.15, -0.1) is 0 Å². The number of benzene rings is 2. The van der Waals surface area contributed by atoms with Gasteiger partial charge in [-0.2, -0.15) is 0 Å². The summed E-state index contributed by atoms with van der Waals surface area (Å²) in [6.45, 7) is 2.91. The normalized spacial score (nSPS) is 11.2. The molecule has 0 aliphatic carbocycles. The van der Waals surface area contributed by atoms with E-state index in [0.29, 0.717) is 29.7 Å². The number of carbonyl (C=O) groups is 1. The molecule has 0 saturated heterocycles. The van der Waals surface area contributed by atoms with Crippen LogP contribution in [0.4, 0.5) is 9.52 Å². The van der Waals surface area contributed by atoms with Crippen molar-refractivity contribution in [3.63, 3.8) is 0 Å². The lowest BCUT2D eigenvalue weighted by atomic mass is 10.2. The molecular weight excluding hydrogens is 446 g/mol. The lowest BCUT2D eigenvalue weighted by molar-refractivity contribution is 0.0982. The van der Waals surface area contributed by atoms with E-state index in [2.05, 4.69) is 9.97 Å². The molecule has 30 heavy (non-hydrogen) atoms. The minimum atomic E-state index is -0.660. The summed E-state index contributed by atoms with van der Waals surface area (Å²) in [5.41, 5.74) is 1.52. The minimum absolute atomic E-state index is 0.0694. The second-order valence-electron chi connectivity index (χ2n) is 6.77. The van der Waals surface area contributed by atoms with Crippen LogP contribution in [0.2, 0.25) is 10.0 Å². The maximum absolute atomic E-state index is 14.5. The van der Waals surface area contributed by atoms with Crippen molar-refractivity contribution < 1.29 is 9.18 Å². The molecule has 0 bridgehead atoms. The van der Waals surface area contributed by atoms with Crippen LogP contribution in [0.15, 0.2) is 49.1 Å². The topological polar surface area (TPSA) is 51.0 Å². The number of hydrogen-bond acceptors (Lipinski definition) is 4. The summed E-state index contributed by atoms with van der Waals surface area (Å²) in [6.07, 6.45) is 5.89. The van der Waals surface area contributed by atoms with E-state index in [4.69, 9.17) is 23.2 Å². The SMILES string of the molecule is Cc1cc(Cl)cc2sc(N(CCCn3ccnc3)C(=O)c3c(F)cccc3Cl)nc12. The van der Waals surface area contributed by atoms with E-state index in [9.17, 15) is 9.18 Å². The predicted octanol–water partition coefficient (Wildman–Crippen LogP) is 5.98. The van der Waals surface area contributed by atoms with E-state index in [-0.39, 0.29) is 10.6 Å². The smallest absolute Gasteiger partial charge is 0.264 e. The third-order valence-corrected chi connectivity index (χ3v) is 6.21. The van der Waals surface area contributed by atoms with Crippen LogP contribution < -0.4 is 4.90 Å². The van der Waals surface area contributed by atoms with Gasteiger partial charge in [0.15, 0.2) is 5.13 Å². The van der Waals surface area contributed by atoms with E-state index >= 15 is 0 Å². The Labute approximate surface area is 186 Å². The fourth-order valence-electron chi connectivity index (χ4n) is 3.21. The number of rotatable bonds is 6. The number of fused-ring (bicyclic) bond motifs is 1. The standard InChI is InChI=1S/C21H17Cl2FN4OS/c1-13-10-14(22)11-17-19(13)26-21(30-17)28(8-3-7-27-9-6-25-12-27)20(29)18-15(23)4-2-5-16(18)24/h2,4-6,9-12H,3,7-8H2,1H3. The minimum Gasteiger partial charge on any atom is -0.337 e. The number of hydrogen-bond donors (Lipinski definition) is 0. The van der Waals surface area contributed by atoms with E-state index in [1.54, 1.807) is 12.5 Å². The first kappa shape index (κ1) is 20.8. The van der Waals surface area contributed by atoms with Gasteiger partial charge in [-0.3, -0.25) is 9.69 Å². The van der Waals surface area contributed by atoms with Gasteiger partial charge in [-0.25, -0.2) is 14.4 Å². The maximum atomic E-state index is 14.5. The summed E-state index contributed by atoms with van der Waals surface area (Å²) >= 11 is 13.7. The number of aromatic nitrogens is 3. The molecule has 0 radical (unpaired) electrons. The summed E-state index contributed by atoms with van der Waals surface area (Å²) in [4.78, 5) is 23.5. The summed E-state index contributed by atoms with van der Waals surface area (Å²) in [6, 6.07) is 7.84. The van der Waals surface area contributed by atoms with Crippen LogP contribution in [-0.2, 0) is 6.54 Å². The van der Waals surface area contributed by atoms with Crippen molar-refractivity contribution in [2.24, 2.45) is 0 Å². The highest BCUT2D eigenvalue weighted by Gasteiger charge is 2.26. The largest absolute Gasteiger partial charge is 0.337 e. The number of amides is 1. The summed E-state index contributed by atoms with van der Waals surface area (Å²) < 4.78 is 17.2. The average molecular weight is 463 g/mol. The number of aryl methyl sites for hydroxylation is 2. The Morgan fingerprint density at radius 2 is 2.13 bits per heavy atom. The van der Waals surface area contributed by atoms with Crippen LogP contribution in [0.5, 0.6) is 0 Å². The molecule has 0 N–H and O–H groups in total. The molecule has 0 unspecified atom stereocenters. The molecule has 5 nitrogen and oxygen atoms in total. The van der Waals surface area contributed by atoms with Crippen molar-refractivity contribution in [1.29, 1.82) is 0 Å². The fraction of sp³-hybridized carbons (Fsp3) is 0.190. The van der Waals surface area contributed by atoms with Crippen molar-refractivity contribution in [2.75, 3.05) is 11.4 Å². The van der Waals surface area contributed by atoms with Gasteiger partial charge in [-0.05, 0) is 43.2 Å². The zero-order valence-corrected chi connectivity index (χ0v) is 18.3. The molecule has 2 aromatic heterocycles. The Bertz CT molecular complexity index is 1190. The van der Waals surface area contributed by atoms with Crippen LogP contribution >= 0.6 is 34.5 Å². The van der Waals surface area contributed by atoms with Gasteiger partial charge >= 0.3 is 0 Å². The Balaban J connectivity index is 1.71. The van der Waals surface area contributed by atoms with Crippen molar-refractivity contribution in [3.8, 4) is 0 Å². The Hall–Kier alpha value is -2.48. The molecule has 2 heterocycles. The van der Waals surface area contributed by atoms with Crippen molar-refractivity contribution in [2.45, 2.75) is 19.9 Å². The van der Waals surface area contributed by atoms with E-state index in [0.717, 1.165) is 15.8 Å². The van der Waals surface area contributed by atoms with Crippen LogP contribution in [0.25, 0.3) is 10.2 Å². The van der Waals surface area contributed by atoms with Gasteiger partial charge in [0.2, 0.25) is 0 Å². The number of anilines is 1. The summed E-state index contributed by atoms with van der Waals surface area (Å²) in [5, 5.41) is 1.15. The number of nitrogens with zero attached hydrogens (tertiary/aromatic N) is 4. The number of thiazole rings is 1. The molecule has 9 heteroatoms. The molecule has 0 aliphatic rings. The highest BCUT2D eigenvalue weighted by atomic mass is 35.5. The van der Waals surface area contributed by atoms with Gasteiger partial charge in [0.1, 0.15) is 5.82 Å². The third-order valence-electron chi connectivity index (χ3n) is 4.65. The quantitative estimate of drug-likeness (QED) is 0.353. The van der Waals surface area contributed by atoms with Gasteiger partial charge < -0.3 is 4.57 Å². The number of carbonyl (C=O) groups excluding carboxylic acids is 1. The Kier molecular flexibility index (Phi) is 6.04. The first-order chi connectivity index (χ1) is 14.4. The number of halogens is 3. The molecule has 0 fully saturated rings. The van der Waals surface area contributed by atoms with Crippen molar-refractivity contribution in [3.05, 3.63) is 76.0 Å². The highest BCUT2D eigenvalue weighted by molar-refractivity contribution is 7.22. The van der Waals surface area contributed by atoms with E-state index < -0.39 is 11.7 Å². The second kappa shape index (κ2) is 8.71. The molecule has 1 amide bonds. The molecule has 4 aromatic rings. The van der Waals surface area contributed by atoms with E-state index in [1.165, 1.54) is 34.4 Å². The molecular formula is C21H17Cl2FN4OS. The number of imidazole rings is 1. The van der Waals surface area contributed by atoms with Gasteiger partial charge in [0, 0.05) is 30.5 Å². The zero-order chi connectivity index (χ0) is 21.3. The molecule has 154 valence electrons. The first-order valence-electron chi connectivity index (χ1n) is 9.22. The predicted molar refractivity (Wildman–Crippen MR) is 119 cm³/mol. The Morgan fingerprint density at radius 1 is 1.30 bits per heavy atom. The molecule has 0 saturated carbocycles. The van der Waals surface area contributed by atoms with Crippen LogP contribution in [-0.4, -0.2) is 27.0 Å². The second-order valence-corrected chi connectivity index (χ2v) is 8.63. The molecule has 0 aliphatic heterocycles. The molecule has 0 spiro atoms. The summed E-state index contributed by atoms with van der Waals surface area (Å²) in [5.74, 6) is -1.18. The first-order valence-corrected chi connectivity index (χ1v) is 10.8. The van der Waals surface area contributed by atoms with Crippen LogP contribution in [0.1, 0.15) is 22.3 Å². The zero-order valence-electron chi connectivity index (χ0n) is 16.0. The van der Waals surface area contributed by atoms with Crippen LogP contribution in [0, 0.1) is 12.7 Å². The summed E-state index contributed by atoms with van der Waals surface area (Å²) in [7, 11) is 0. The van der Waals surface area contributed by atoms with Crippen molar-refractivity contribution in [1.82, 2.24) is 14.5 Å². The molecule has 2 aromatic carbocycles. The van der Waals surface area contributed by atoms with Crippen molar-refractivity contribution >= 4 is 55.8 Å². The average Bonchev–Trinajstić information content (AvgIpc) is 3.34. The fourth-order valence-corrected chi connectivity index (χ4v) is 4.90. The molecule has 0 atom stereocenters. The Morgan fingerprint density at radius 3 is 2.87 bits per heavy atom. The van der Waals surface area contributed by atoms with Gasteiger partial charge in [0.25, 0.3) is 5.91 Å². The third kappa shape index (κ3) is 4.19. The van der Waals surface area contributed by atoms with E-state index in [1.807, 2.05) is 29.8 Å². The lowest BCUT2D eigenvalue weighted by Gasteiger charge is -2.21. The highest BCUT2D eigenvalue weighted by Crippen LogP contribution is 2.34. The monoisotopic (exact) mass is 462 g/mol. The van der Waals surface area contributed by atoms with Gasteiger partial charge in [0.05, 0.1) is 27.1 Å². The van der Waals surface area contributed by atoms with Crippen LogP contribution in [0.3, 0.4) is 0 Å². The molecule has 4 rings (SSSR count). The maximum Gasteiger partial charge on any atom is 0.264 e.